The Labute approximate surface area is 118 Å². The molecule has 1 aromatic carbocycles. The number of rotatable bonds is 3. The van der Waals surface area contributed by atoms with Gasteiger partial charge in [0.2, 0.25) is 5.91 Å². The number of para-hydroxylation sites is 1. The minimum absolute atomic E-state index is 0.0145. The largest absolute Gasteiger partial charge is 0.309 e. The van der Waals surface area contributed by atoms with Crippen LogP contribution in [0.3, 0.4) is 0 Å². The first-order valence-electron chi connectivity index (χ1n) is 6.03. The van der Waals surface area contributed by atoms with Crippen molar-refractivity contribution in [2.24, 2.45) is 0 Å². The number of nitrogens with zero attached hydrogens (tertiary/aromatic N) is 2. The molecule has 0 aliphatic rings. The van der Waals surface area contributed by atoms with Gasteiger partial charge in [0.1, 0.15) is 12.4 Å². The maximum Gasteiger partial charge on any atom is 0.308 e. The van der Waals surface area contributed by atoms with Crippen LogP contribution in [0, 0.1) is 0 Å². The molecule has 0 radical (unpaired) electrons. The SMILES string of the molecule is O=C(Cn1c(=O)sc2ccccc21)Nc1ccccn1. The second kappa shape index (κ2) is 5.26. The molecule has 2 heterocycles. The highest BCUT2D eigenvalue weighted by Gasteiger charge is 2.11. The fourth-order valence-electron chi connectivity index (χ4n) is 1.93. The number of pyridine rings is 1. The number of thiazole rings is 1. The van der Waals surface area contributed by atoms with E-state index in [0.29, 0.717) is 5.82 Å². The van der Waals surface area contributed by atoms with Crippen molar-refractivity contribution in [3.05, 3.63) is 58.3 Å². The van der Waals surface area contributed by atoms with Crippen LogP contribution in [0.4, 0.5) is 5.82 Å². The highest BCUT2D eigenvalue weighted by Crippen LogP contribution is 2.16. The molecule has 0 aliphatic heterocycles. The Kier molecular flexibility index (Phi) is 3.30. The standard InChI is InChI=1S/C14H11N3O2S/c18-13(16-12-7-3-4-8-15-12)9-17-10-5-1-2-6-11(10)20-14(17)19/h1-8H,9H2,(H,15,16,18). The van der Waals surface area contributed by atoms with Gasteiger partial charge in [-0.15, -0.1) is 0 Å². The molecule has 0 atom stereocenters. The first kappa shape index (κ1) is 12.6. The van der Waals surface area contributed by atoms with Gasteiger partial charge in [-0.25, -0.2) is 4.98 Å². The summed E-state index contributed by atoms with van der Waals surface area (Å²) in [4.78, 5) is 27.8. The van der Waals surface area contributed by atoms with Crippen LogP contribution >= 0.6 is 11.3 Å². The van der Waals surface area contributed by atoms with Gasteiger partial charge in [-0.05, 0) is 24.3 Å². The Morgan fingerprint density at radius 1 is 1.20 bits per heavy atom. The Morgan fingerprint density at radius 2 is 2.00 bits per heavy atom. The summed E-state index contributed by atoms with van der Waals surface area (Å²) in [5.74, 6) is 0.208. The summed E-state index contributed by atoms with van der Waals surface area (Å²) in [5, 5.41) is 2.67. The number of fused-ring (bicyclic) bond motifs is 1. The molecule has 20 heavy (non-hydrogen) atoms. The van der Waals surface area contributed by atoms with Crippen LogP contribution in [0.25, 0.3) is 10.2 Å². The van der Waals surface area contributed by atoms with Crippen LogP contribution in [-0.4, -0.2) is 15.5 Å². The molecule has 0 unspecified atom stereocenters. The molecule has 0 spiro atoms. The van der Waals surface area contributed by atoms with Gasteiger partial charge in [0.25, 0.3) is 0 Å². The molecule has 100 valence electrons. The Hall–Kier alpha value is -2.47. The monoisotopic (exact) mass is 285 g/mol. The minimum Gasteiger partial charge on any atom is -0.309 e. The van der Waals surface area contributed by atoms with E-state index in [1.807, 2.05) is 24.3 Å². The van der Waals surface area contributed by atoms with E-state index < -0.39 is 0 Å². The Morgan fingerprint density at radius 3 is 2.80 bits per heavy atom. The maximum absolute atomic E-state index is 12.0. The lowest BCUT2D eigenvalue weighted by Gasteiger charge is -2.05. The number of hydrogen-bond acceptors (Lipinski definition) is 4. The number of nitrogens with one attached hydrogen (secondary N) is 1. The van der Waals surface area contributed by atoms with Crippen molar-refractivity contribution >= 4 is 33.3 Å². The predicted molar refractivity (Wildman–Crippen MR) is 79.0 cm³/mol. The van der Waals surface area contributed by atoms with Gasteiger partial charge in [-0.3, -0.25) is 14.2 Å². The summed E-state index contributed by atoms with van der Waals surface area (Å²) in [6.07, 6.45) is 1.60. The van der Waals surface area contributed by atoms with Crippen molar-refractivity contribution in [1.29, 1.82) is 0 Å². The lowest BCUT2D eigenvalue weighted by molar-refractivity contribution is -0.116. The molecule has 0 saturated carbocycles. The number of benzene rings is 1. The number of carbonyl (C=O) groups excluding carboxylic acids is 1. The van der Waals surface area contributed by atoms with E-state index in [0.717, 1.165) is 21.6 Å². The van der Waals surface area contributed by atoms with Gasteiger partial charge < -0.3 is 5.32 Å². The minimum atomic E-state index is -0.269. The summed E-state index contributed by atoms with van der Waals surface area (Å²) in [6.45, 7) is -0.0145. The fraction of sp³-hybridized carbons (Fsp3) is 0.0714. The number of amides is 1. The molecular weight excluding hydrogens is 274 g/mol. The Balaban J connectivity index is 1.85. The van der Waals surface area contributed by atoms with Crippen molar-refractivity contribution in [1.82, 2.24) is 9.55 Å². The lowest BCUT2D eigenvalue weighted by atomic mass is 10.3. The molecule has 1 amide bonds. The van der Waals surface area contributed by atoms with Crippen molar-refractivity contribution < 1.29 is 4.79 Å². The number of carbonyl (C=O) groups is 1. The summed E-state index contributed by atoms with van der Waals surface area (Å²) in [5.41, 5.74) is 0.777. The average Bonchev–Trinajstić information content (AvgIpc) is 2.76. The molecule has 0 aliphatic carbocycles. The van der Waals surface area contributed by atoms with Gasteiger partial charge in [-0.2, -0.15) is 0 Å². The quantitative estimate of drug-likeness (QED) is 0.801. The molecule has 3 rings (SSSR count). The van der Waals surface area contributed by atoms with Crippen molar-refractivity contribution in [2.45, 2.75) is 6.54 Å². The molecule has 2 aromatic heterocycles. The van der Waals surface area contributed by atoms with E-state index in [1.165, 1.54) is 4.57 Å². The zero-order chi connectivity index (χ0) is 13.9. The molecule has 0 fully saturated rings. The molecule has 1 N–H and O–H groups in total. The molecule has 5 nitrogen and oxygen atoms in total. The third kappa shape index (κ3) is 2.46. The van der Waals surface area contributed by atoms with E-state index in [2.05, 4.69) is 10.3 Å². The summed E-state index contributed by atoms with van der Waals surface area (Å²) >= 11 is 1.14. The maximum atomic E-state index is 12.0. The fourth-order valence-corrected chi connectivity index (χ4v) is 2.82. The highest BCUT2D eigenvalue weighted by atomic mass is 32.1. The van der Waals surface area contributed by atoms with Gasteiger partial charge in [0, 0.05) is 6.20 Å². The Bertz CT molecular complexity index is 808. The predicted octanol–water partition coefficient (Wildman–Crippen LogP) is 2.10. The highest BCUT2D eigenvalue weighted by molar-refractivity contribution is 7.16. The third-order valence-electron chi connectivity index (χ3n) is 2.81. The average molecular weight is 285 g/mol. The normalized spacial score (nSPS) is 10.6. The van der Waals surface area contributed by atoms with Gasteiger partial charge in [-0.1, -0.05) is 29.5 Å². The third-order valence-corrected chi connectivity index (χ3v) is 3.77. The van der Waals surface area contributed by atoms with Gasteiger partial charge in [0.05, 0.1) is 10.2 Å². The zero-order valence-corrected chi connectivity index (χ0v) is 11.3. The van der Waals surface area contributed by atoms with Crippen LogP contribution in [-0.2, 0) is 11.3 Å². The van der Waals surface area contributed by atoms with E-state index in [-0.39, 0.29) is 17.3 Å². The smallest absolute Gasteiger partial charge is 0.308 e. The van der Waals surface area contributed by atoms with Crippen LogP contribution in [0.15, 0.2) is 53.5 Å². The van der Waals surface area contributed by atoms with E-state index >= 15 is 0 Å². The van der Waals surface area contributed by atoms with Crippen LogP contribution < -0.4 is 10.2 Å². The lowest BCUT2D eigenvalue weighted by Crippen LogP contribution is -2.24. The molecule has 0 bridgehead atoms. The van der Waals surface area contributed by atoms with Crippen LogP contribution in [0.5, 0.6) is 0 Å². The summed E-state index contributed by atoms with van der Waals surface area (Å²) < 4.78 is 2.35. The zero-order valence-electron chi connectivity index (χ0n) is 10.4. The second-order valence-electron chi connectivity index (χ2n) is 4.18. The number of hydrogen-bond donors (Lipinski definition) is 1. The molecule has 3 aromatic rings. The molecule has 0 saturated heterocycles. The summed E-state index contributed by atoms with van der Waals surface area (Å²) in [7, 11) is 0. The van der Waals surface area contributed by atoms with Crippen molar-refractivity contribution in [2.75, 3.05) is 5.32 Å². The second-order valence-corrected chi connectivity index (χ2v) is 5.18. The molecular formula is C14H11N3O2S. The molecule has 6 heteroatoms. The first-order valence-corrected chi connectivity index (χ1v) is 6.85. The van der Waals surface area contributed by atoms with Gasteiger partial charge >= 0.3 is 4.87 Å². The van der Waals surface area contributed by atoms with E-state index in [1.54, 1.807) is 24.4 Å². The van der Waals surface area contributed by atoms with E-state index in [4.69, 9.17) is 0 Å². The van der Waals surface area contributed by atoms with Crippen LogP contribution in [0.2, 0.25) is 0 Å². The van der Waals surface area contributed by atoms with Crippen molar-refractivity contribution in [3.63, 3.8) is 0 Å². The topological polar surface area (TPSA) is 64.0 Å². The van der Waals surface area contributed by atoms with Crippen LogP contribution in [0.1, 0.15) is 0 Å². The van der Waals surface area contributed by atoms with Crippen molar-refractivity contribution in [3.8, 4) is 0 Å². The number of aromatic nitrogens is 2. The summed E-state index contributed by atoms with van der Waals surface area (Å²) in [6, 6.07) is 12.7. The number of anilines is 1. The van der Waals surface area contributed by atoms with E-state index in [9.17, 15) is 9.59 Å². The first-order chi connectivity index (χ1) is 9.74. The van der Waals surface area contributed by atoms with Gasteiger partial charge in [0.15, 0.2) is 0 Å².